The van der Waals surface area contributed by atoms with E-state index in [1.807, 2.05) is 0 Å². The SMILES string of the molecule is Cc1cc(C2=NC3OC3C(Cc3ccc(Cl)c(Cl)c3)=C(C(F)(F)F)N2)nn1C. The molecule has 4 rings (SSSR count). The first-order valence-corrected chi connectivity index (χ1v) is 9.14. The maximum atomic E-state index is 13.9. The van der Waals surface area contributed by atoms with E-state index in [9.17, 15) is 13.2 Å². The van der Waals surface area contributed by atoms with E-state index >= 15 is 0 Å². The van der Waals surface area contributed by atoms with Crippen LogP contribution in [0.25, 0.3) is 0 Å². The molecule has 2 unspecified atom stereocenters. The number of benzene rings is 1. The molecule has 0 saturated carbocycles. The van der Waals surface area contributed by atoms with Crippen LogP contribution < -0.4 is 5.32 Å². The maximum absolute atomic E-state index is 13.9. The standard InChI is InChI=1S/C18H15Cl2F3N4O/c1-8-5-13(26-27(8)2)16-24-15(18(21,22)23)10(14-17(25-16)28-14)6-9-3-4-11(19)12(20)7-9/h3-5,7,14,17H,6H2,1-2H3,(H,24,25). The zero-order chi connectivity index (χ0) is 20.2. The number of alkyl halides is 3. The topological polar surface area (TPSA) is 54.7 Å². The normalized spacial score (nSPS) is 21.8. The van der Waals surface area contributed by atoms with Crippen LogP contribution in [-0.4, -0.2) is 34.1 Å². The summed E-state index contributed by atoms with van der Waals surface area (Å²) >= 11 is 11.9. The number of aryl methyl sites for hydroxylation is 2. The largest absolute Gasteiger partial charge is 0.431 e. The molecule has 1 fully saturated rings. The fourth-order valence-electron chi connectivity index (χ4n) is 3.08. The lowest BCUT2D eigenvalue weighted by Gasteiger charge is -2.18. The van der Waals surface area contributed by atoms with Gasteiger partial charge in [-0.3, -0.25) is 4.68 Å². The van der Waals surface area contributed by atoms with Gasteiger partial charge in [-0.2, -0.15) is 18.3 Å². The number of allylic oxidation sites excluding steroid dienone is 1. The van der Waals surface area contributed by atoms with Crippen LogP contribution in [0.3, 0.4) is 0 Å². The third-order valence-electron chi connectivity index (χ3n) is 4.65. The Morgan fingerprint density at radius 2 is 1.96 bits per heavy atom. The molecular formula is C18H15Cl2F3N4O. The van der Waals surface area contributed by atoms with Crippen LogP contribution in [0.2, 0.25) is 10.0 Å². The van der Waals surface area contributed by atoms with Crippen LogP contribution in [0, 0.1) is 6.92 Å². The summed E-state index contributed by atoms with van der Waals surface area (Å²) in [5, 5.41) is 7.30. The molecule has 2 aromatic rings. The van der Waals surface area contributed by atoms with Crippen molar-refractivity contribution in [2.45, 2.75) is 31.9 Å². The Labute approximate surface area is 168 Å². The Hall–Kier alpha value is -2.03. The summed E-state index contributed by atoms with van der Waals surface area (Å²) in [4.78, 5) is 4.28. The van der Waals surface area contributed by atoms with Crippen LogP contribution in [0.4, 0.5) is 13.2 Å². The number of aliphatic imine (C=N–C) groups is 1. The number of halogens is 5. The van der Waals surface area contributed by atoms with Crippen molar-refractivity contribution in [2.24, 2.45) is 12.0 Å². The second-order valence-corrected chi connectivity index (χ2v) is 7.48. The van der Waals surface area contributed by atoms with Crippen molar-refractivity contribution in [3.05, 3.63) is 62.5 Å². The maximum Gasteiger partial charge on any atom is 0.431 e. The van der Waals surface area contributed by atoms with Crippen molar-refractivity contribution in [1.29, 1.82) is 0 Å². The summed E-state index contributed by atoms with van der Waals surface area (Å²) in [6.45, 7) is 1.81. The average molecular weight is 431 g/mol. The summed E-state index contributed by atoms with van der Waals surface area (Å²) in [6, 6.07) is 6.42. The highest BCUT2D eigenvalue weighted by Gasteiger charge is 2.50. The third-order valence-corrected chi connectivity index (χ3v) is 5.39. The number of nitrogens with zero attached hydrogens (tertiary/aromatic N) is 3. The zero-order valence-corrected chi connectivity index (χ0v) is 16.3. The number of aromatic nitrogens is 2. The lowest BCUT2D eigenvalue weighted by molar-refractivity contribution is -0.0961. The van der Waals surface area contributed by atoms with Gasteiger partial charge >= 0.3 is 6.18 Å². The summed E-state index contributed by atoms with van der Waals surface area (Å²) in [7, 11) is 1.71. The molecule has 3 heterocycles. The van der Waals surface area contributed by atoms with Crippen LogP contribution in [0.15, 0.2) is 40.5 Å². The fraction of sp³-hybridized carbons (Fsp3) is 0.333. The first-order valence-electron chi connectivity index (χ1n) is 8.39. The fourth-order valence-corrected chi connectivity index (χ4v) is 3.40. The van der Waals surface area contributed by atoms with Crippen molar-refractivity contribution in [1.82, 2.24) is 15.1 Å². The van der Waals surface area contributed by atoms with Crippen molar-refractivity contribution in [3.8, 4) is 0 Å². The molecule has 148 valence electrons. The van der Waals surface area contributed by atoms with Crippen molar-refractivity contribution in [2.75, 3.05) is 0 Å². The van der Waals surface area contributed by atoms with Gasteiger partial charge < -0.3 is 10.1 Å². The molecule has 0 spiro atoms. The molecule has 28 heavy (non-hydrogen) atoms. The number of rotatable bonds is 3. The molecular weight excluding hydrogens is 416 g/mol. The van der Waals surface area contributed by atoms with Crippen LogP contribution >= 0.6 is 23.2 Å². The third kappa shape index (κ3) is 3.64. The summed E-state index contributed by atoms with van der Waals surface area (Å²) in [5.74, 6) is 0.0349. The van der Waals surface area contributed by atoms with Crippen LogP contribution in [0.1, 0.15) is 17.0 Å². The van der Waals surface area contributed by atoms with Gasteiger partial charge in [-0.1, -0.05) is 29.3 Å². The van der Waals surface area contributed by atoms with E-state index in [1.54, 1.807) is 42.9 Å². The van der Waals surface area contributed by atoms with Crippen molar-refractivity contribution >= 4 is 29.0 Å². The molecule has 0 amide bonds. The lowest BCUT2D eigenvalue weighted by Crippen LogP contribution is -2.34. The summed E-state index contributed by atoms with van der Waals surface area (Å²) in [6.07, 6.45) is -6.04. The van der Waals surface area contributed by atoms with Gasteiger partial charge in [0.25, 0.3) is 0 Å². The smallest absolute Gasteiger partial charge is 0.341 e. The average Bonchev–Trinajstić information content (AvgIpc) is 3.30. The van der Waals surface area contributed by atoms with Gasteiger partial charge in [0, 0.05) is 12.7 Å². The molecule has 10 heteroatoms. The Morgan fingerprint density at radius 3 is 2.57 bits per heavy atom. The van der Waals surface area contributed by atoms with Gasteiger partial charge in [-0.05, 0) is 42.7 Å². The number of amidine groups is 1. The van der Waals surface area contributed by atoms with Gasteiger partial charge in [0.15, 0.2) is 12.1 Å². The molecule has 2 atom stereocenters. The molecule has 0 aliphatic carbocycles. The van der Waals surface area contributed by atoms with E-state index in [4.69, 9.17) is 27.9 Å². The van der Waals surface area contributed by atoms with E-state index in [0.717, 1.165) is 5.69 Å². The van der Waals surface area contributed by atoms with Crippen molar-refractivity contribution in [3.63, 3.8) is 0 Å². The summed E-state index contributed by atoms with van der Waals surface area (Å²) < 4.78 is 48.6. The van der Waals surface area contributed by atoms with E-state index in [2.05, 4.69) is 15.4 Å². The highest BCUT2D eigenvalue weighted by Crippen LogP contribution is 2.40. The Kier molecular flexibility index (Phi) is 4.68. The lowest BCUT2D eigenvalue weighted by atomic mass is 9.99. The number of nitrogens with one attached hydrogen (secondary N) is 1. The van der Waals surface area contributed by atoms with Gasteiger partial charge in [-0.25, -0.2) is 4.99 Å². The first kappa shape index (κ1) is 19.3. The zero-order valence-electron chi connectivity index (χ0n) is 14.8. The summed E-state index contributed by atoms with van der Waals surface area (Å²) in [5.41, 5.74) is 0.907. The quantitative estimate of drug-likeness (QED) is 0.743. The monoisotopic (exact) mass is 430 g/mol. The number of epoxide rings is 1. The highest BCUT2D eigenvalue weighted by molar-refractivity contribution is 6.42. The van der Waals surface area contributed by atoms with E-state index in [1.165, 1.54) is 0 Å². The minimum atomic E-state index is -4.61. The minimum absolute atomic E-state index is 0.00391. The molecule has 0 radical (unpaired) electrons. The van der Waals surface area contributed by atoms with E-state index in [-0.39, 0.29) is 22.9 Å². The molecule has 0 bridgehead atoms. The second kappa shape index (κ2) is 6.79. The minimum Gasteiger partial charge on any atom is -0.341 e. The number of hydrogen-bond acceptors (Lipinski definition) is 4. The Morgan fingerprint density at radius 1 is 1.21 bits per heavy atom. The van der Waals surface area contributed by atoms with Gasteiger partial charge in [0.1, 0.15) is 17.5 Å². The van der Waals surface area contributed by atoms with Gasteiger partial charge in [-0.15, -0.1) is 0 Å². The first-order chi connectivity index (χ1) is 13.1. The van der Waals surface area contributed by atoms with Gasteiger partial charge in [0.05, 0.1) is 10.0 Å². The van der Waals surface area contributed by atoms with Crippen molar-refractivity contribution < 1.29 is 17.9 Å². The molecule has 1 aromatic carbocycles. The second-order valence-electron chi connectivity index (χ2n) is 6.67. The van der Waals surface area contributed by atoms with E-state index in [0.29, 0.717) is 16.3 Å². The van der Waals surface area contributed by atoms with Gasteiger partial charge in [0.2, 0.25) is 0 Å². The Bertz CT molecular complexity index is 993. The van der Waals surface area contributed by atoms with Crippen LogP contribution in [-0.2, 0) is 18.2 Å². The predicted molar refractivity (Wildman–Crippen MR) is 99.5 cm³/mol. The Balaban J connectivity index is 1.74. The number of hydrogen-bond donors (Lipinski definition) is 1. The molecule has 5 nitrogen and oxygen atoms in total. The number of fused-ring (bicyclic) bond motifs is 1. The van der Waals surface area contributed by atoms with E-state index < -0.39 is 24.2 Å². The van der Waals surface area contributed by atoms with Crippen LogP contribution in [0.5, 0.6) is 0 Å². The molecule has 1 N–H and O–H groups in total. The molecule has 1 saturated heterocycles. The predicted octanol–water partition coefficient (Wildman–Crippen LogP) is 4.17. The highest BCUT2D eigenvalue weighted by atomic mass is 35.5. The molecule has 2 aliphatic heterocycles. The molecule has 1 aromatic heterocycles. The molecule has 2 aliphatic rings. The number of ether oxygens (including phenoxy) is 1.